The van der Waals surface area contributed by atoms with Crippen molar-refractivity contribution in [3.8, 4) is 0 Å². The SMILES string of the molecule is NC(=O)C1CCCN1Cc1cccnc1N. The summed E-state index contributed by atoms with van der Waals surface area (Å²) in [6.45, 7) is 1.54. The van der Waals surface area contributed by atoms with Crippen molar-refractivity contribution >= 4 is 11.7 Å². The summed E-state index contributed by atoms with van der Waals surface area (Å²) in [5.74, 6) is 0.276. The van der Waals surface area contributed by atoms with E-state index in [9.17, 15) is 4.79 Å². The third kappa shape index (κ3) is 2.14. The highest BCUT2D eigenvalue weighted by molar-refractivity contribution is 5.80. The summed E-state index contributed by atoms with van der Waals surface area (Å²) in [6.07, 6.45) is 3.51. The Morgan fingerprint density at radius 1 is 1.62 bits per heavy atom. The van der Waals surface area contributed by atoms with Crippen LogP contribution in [0.15, 0.2) is 18.3 Å². The fourth-order valence-corrected chi connectivity index (χ4v) is 2.14. The molecule has 1 saturated heterocycles. The second kappa shape index (κ2) is 4.49. The Balaban J connectivity index is 2.10. The van der Waals surface area contributed by atoms with Gasteiger partial charge in [-0.05, 0) is 25.5 Å². The Kier molecular flexibility index (Phi) is 3.05. The van der Waals surface area contributed by atoms with Crippen molar-refractivity contribution in [3.63, 3.8) is 0 Å². The number of carbonyl (C=O) groups excluding carboxylic acids is 1. The van der Waals surface area contributed by atoms with Gasteiger partial charge < -0.3 is 11.5 Å². The van der Waals surface area contributed by atoms with Crippen molar-refractivity contribution < 1.29 is 4.79 Å². The van der Waals surface area contributed by atoms with Crippen molar-refractivity contribution in [2.45, 2.75) is 25.4 Å². The molecule has 0 saturated carbocycles. The molecule has 1 fully saturated rings. The molecule has 5 heteroatoms. The third-order valence-corrected chi connectivity index (χ3v) is 2.99. The van der Waals surface area contributed by atoms with Gasteiger partial charge in [0.1, 0.15) is 5.82 Å². The smallest absolute Gasteiger partial charge is 0.234 e. The molecule has 0 aliphatic carbocycles. The van der Waals surface area contributed by atoms with Crippen molar-refractivity contribution in [2.75, 3.05) is 12.3 Å². The maximum Gasteiger partial charge on any atom is 0.234 e. The first kappa shape index (κ1) is 10.9. The molecule has 2 heterocycles. The lowest BCUT2D eigenvalue weighted by atomic mass is 10.2. The molecule has 16 heavy (non-hydrogen) atoms. The van der Waals surface area contributed by atoms with Gasteiger partial charge in [-0.2, -0.15) is 0 Å². The number of likely N-dealkylation sites (tertiary alicyclic amines) is 1. The van der Waals surface area contributed by atoms with Crippen LogP contribution < -0.4 is 11.5 Å². The van der Waals surface area contributed by atoms with Crippen molar-refractivity contribution in [2.24, 2.45) is 5.73 Å². The van der Waals surface area contributed by atoms with Crippen LogP contribution in [0.5, 0.6) is 0 Å². The minimum Gasteiger partial charge on any atom is -0.383 e. The Morgan fingerprint density at radius 3 is 3.12 bits per heavy atom. The van der Waals surface area contributed by atoms with Crippen molar-refractivity contribution in [1.82, 2.24) is 9.88 Å². The molecule has 1 aliphatic rings. The number of hydrogen-bond acceptors (Lipinski definition) is 4. The highest BCUT2D eigenvalue weighted by Crippen LogP contribution is 2.21. The van der Waals surface area contributed by atoms with Gasteiger partial charge in [-0.3, -0.25) is 9.69 Å². The lowest BCUT2D eigenvalue weighted by Gasteiger charge is -2.22. The molecule has 0 bridgehead atoms. The van der Waals surface area contributed by atoms with Gasteiger partial charge in [0.2, 0.25) is 5.91 Å². The first-order valence-electron chi connectivity index (χ1n) is 5.41. The Labute approximate surface area is 94.4 Å². The van der Waals surface area contributed by atoms with Gasteiger partial charge in [-0.15, -0.1) is 0 Å². The molecule has 0 radical (unpaired) electrons. The standard InChI is InChI=1S/C11H16N4O/c12-10-8(3-1-5-14-10)7-15-6-2-4-9(15)11(13)16/h1,3,5,9H,2,4,6-7H2,(H2,12,14)(H2,13,16). The van der Waals surface area contributed by atoms with E-state index < -0.39 is 0 Å². The zero-order valence-corrected chi connectivity index (χ0v) is 9.10. The van der Waals surface area contributed by atoms with Gasteiger partial charge >= 0.3 is 0 Å². The predicted octanol–water partition coefficient (Wildman–Crippen LogP) is 0.113. The molecule has 86 valence electrons. The van der Waals surface area contributed by atoms with Gasteiger partial charge in [0.15, 0.2) is 0 Å². The van der Waals surface area contributed by atoms with E-state index in [1.165, 1.54) is 0 Å². The number of pyridine rings is 1. The summed E-state index contributed by atoms with van der Waals surface area (Å²) in [4.78, 5) is 17.3. The summed E-state index contributed by atoms with van der Waals surface area (Å²) in [6, 6.07) is 3.62. The molecular formula is C11H16N4O. The molecule has 4 N–H and O–H groups in total. The maximum atomic E-state index is 11.2. The molecule has 1 amide bonds. The van der Waals surface area contributed by atoms with Gasteiger partial charge in [-0.25, -0.2) is 4.98 Å². The lowest BCUT2D eigenvalue weighted by Crippen LogP contribution is -2.39. The molecule has 2 rings (SSSR count). The molecule has 1 aromatic rings. The van der Waals surface area contributed by atoms with E-state index in [0.717, 1.165) is 24.9 Å². The minimum absolute atomic E-state index is 0.153. The van der Waals surface area contributed by atoms with Gasteiger partial charge in [0, 0.05) is 18.3 Å². The molecule has 0 spiro atoms. The van der Waals surface area contributed by atoms with E-state index in [2.05, 4.69) is 9.88 Å². The molecule has 1 atom stereocenters. The molecule has 1 aliphatic heterocycles. The summed E-state index contributed by atoms with van der Waals surface area (Å²) in [5.41, 5.74) is 12.1. The topological polar surface area (TPSA) is 85.2 Å². The first-order chi connectivity index (χ1) is 7.68. The third-order valence-electron chi connectivity index (χ3n) is 2.99. The van der Waals surface area contributed by atoms with E-state index in [1.807, 2.05) is 12.1 Å². The average molecular weight is 220 g/mol. The van der Waals surface area contributed by atoms with Crippen LogP contribution in [0.1, 0.15) is 18.4 Å². The Bertz CT molecular complexity index is 393. The molecule has 1 unspecified atom stereocenters. The van der Waals surface area contributed by atoms with Crippen molar-refractivity contribution in [3.05, 3.63) is 23.9 Å². The van der Waals surface area contributed by atoms with Crippen LogP contribution in [0.25, 0.3) is 0 Å². The second-order valence-electron chi connectivity index (χ2n) is 4.08. The fraction of sp³-hybridized carbons (Fsp3) is 0.455. The van der Waals surface area contributed by atoms with E-state index in [0.29, 0.717) is 12.4 Å². The fourth-order valence-electron chi connectivity index (χ4n) is 2.14. The largest absolute Gasteiger partial charge is 0.383 e. The normalized spacial score (nSPS) is 21.1. The number of nitrogens with two attached hydrogens (primary N) is 2. The number of carbonyl (C=O) groups is 1. The molecule has 5 nitrogen and oxygen atoms in total. The lowest BCUT2D eigenvalue weighted by molar-refractivity contribution is -0.122. The van der Waals surface area contributed by atoms with Crippen LogP contribution in [0.3, 0.4) is 0 Å². The molecule has 1 aromatic heterocycles. The van der Waals surface area contributed by atoms with Gasteiger partial charge in [0.25, 0.3) is 0 Å². The second-order valence-corrected chi connectivity index (χ2v) is 4.08. The highest BCUT2D eigenvalue weighted by Gasteiger charge is 2.29. The summed E-state index contributed by atoms with van der Waals surface area (Å²) in [7, 11) is 0. The first-order valence-corrected chi connectivity index (χ1v) is 5.41. The number of nitrogens with zero attached hydrogens (tertiary/aromatic N) is 2. The van der Waals surface area contributed by atoms with E-state index >= 15 is 0 Å². The Hall–Kier alpha value is -1.62. The predicted molar refractivity (Wildman–Crippen MR) is 61.3 cm³/mol. The number of aromatic nitrogens is 1. The number of primary amides is 1. The van der Waals surface area contributed by atoms with E-state index in [-0.39, 0.29) is 11.9 Å². The number of hydrogen-bond donors (Lipinski definition) is 2. The maximum absolute atomic E-state index is 11.2. The number of amides is 1. The molecular weight excluding hydrogens is 204 g/mol. The monoisotopic (exact) mass is 220 g/mol. The van der Waals surface area contributed by atoms with Crippen LogP contribution in [-0.4, -0.2) is 28.4 Å². The molecule has 0 aromatic carbocycles. The summed E-state index contributed by atoms with van der Waals surface area (Å²) >= 11 is 0. The highest BCUT2D eigenvalue weighted by atomic mass is 16.1. The van der Waals surface area contributed by atoms with Gasteiger partial charge in [-0.1, -0.05) is 6.07 Å². The van der Waals surface area contributed by atoms with Crippen LogP contribution in [-0.2, 0) is 11.3 Å². The van der Waals surface area contributed by atoms with Crippen LogP contribution in [0.4, 0.5) is 5.82 Å². The van der Waals surface area contributed by atoms with Crippen LogP contribution in [0.2, 0.25) is 0 Å². The minimum atomic E-state index is -0.250. The summed E-state index contributed by atoms with van der Waals surface area (Å²) in [5, 5.41) is 0. The average Bonchev–Trinajstić information content (AvgIpc) is 2.69. The van der Waals surface area contributed by atoms with E-state index in [4.69, 9.17) is 11.5 Å². The zero-order chi connectivity index (χ0) is 11.5. The quantitative estimate of drug-likeness (QED) is 0.757. The van der Waals surface area contributed by atoms with Crippen LogP contribution >= 0.6 is 0 Å². The van der Waals surface area contributed by atoms with Crippen LogP contribution in [0, 0.1) is 0 Å². The Morgan fingerprint density at radius 2 is 2.44 bits per heavy atom. The number of rotatable bonds is 3. The summed E-state index contributed by atoms with van der Waals surface area (Å²) < 4.78 is 0. The zero-order valence-electron chi connectivity index (χ0n) is 9.10. The van der Waals surface area contributed by atoms with Gasteiger partial charge in [0.05, 0.1) is 6.04 Å². The van der Waals surface area contributed by atoms with E-state index in [1.54, 1.807) is 6.20 Å². The number of anilines is 1. The number of nitrogen functional groups attached to an aromatic ring is 1. The van der Waals surface area contributed by atoms with Crippen molar-refractivity contribution in [1.29, 1.82) is 0 Å².